The number of hydrogen-bond donors (Lipinski definition) is 1. The number of hydrogen-bond acceptors (Lipinski definition) is 3. The molecule has 14 heavy (non-hydrogen) atoms. The molecule has 2 N–H and O–H groups in total. The van der Waals surface area contributed by atoms with Gasteiger partial charge in [0.15, 0.2) is 0 Å². The Labute approximate surface area is 87.0 Å². The second-order valence-corrected chi connectivity index (χ2v) is 3.72. The monoisotopic (exact) mass is 201 g/mol. The first-order valence-electron chi connectivity index (χ1n) is 5.60. The van der Waals surface area contributed by atoms with Crippen molar-refractivity contribution >= 4 is 5.97 Å². The molecule has 0 heterocycles. The van der Waals surface area contributed by atoms with Crippen molar-refractivity contribution in [1.82, 2.24) is 0 Å². The van der Waals surface area contributed by atoms with E-state index in [1.807, 2.05) is 0 Å². The molecule has 0 aromatic carbocycles. The lowest BCUT2D eigenvalue weighted by atomic mass is 10.1. The van der Waals surface area contributed by atoms with Crippen molar-refractivity contribution in [2.24, 2.45) is 5.73 Å². The van der Waals surface area contributed by atoms with E-state index in [2.05, 4.69) is 6.92 Å². The van der Waals surface area contributed by atoms with E-state index < -0.39 is 6.04 Å². The van der Waals surface area contributed by atoms with Crippen LogP contribution >= 0.6 is 0 Å². The number of unbranched alkanes of at least 4 members (excludes halogenated alkanes) is 5. The minimum Gasteiger partial charge on any atom is -0.465 e. The molecule has 0 amide bonds. The van der Waals surface area contributed by atoms with Gasteiger partial charge in [-0.2, -0.15) is 0 Å². The zero-order valence-corrected chi connectivity index (χ0v) is 9.42. The van der Waals surface area contributed by atoms with E-state index in [1.165, 1.54) is 25.7 Å². The van der Waals surface area contributed by atoms with Gasteiger partial charge in [0.1, 0.15) is 6.04 Å². The van der Waals surface area contributed by atoms with Gasteiger partial charge in [-0.25, -0.2) is 0 Å². The van der Waals surface area contributed by atoms with Gasteiger partial charge in [0.05, 0.1) is 6.61 Å². The number of carbonyl (C=O) groups is 1. The smallest absolute Gasteiger partial charge is 0.322 e. The van der Waals surface area contributed by atoms with Crippen molar-refractivity contribution in [1.29, 1.82) is 0 Å². The molecule has 0 saturated heterocycles. The zero-order valence-electron chi connectivity index (χ0n) is 9.42. The van der Waals surface area contributed by atoms with Gasteiger partial charge in [0.2, 0.25) is 0 Å². The molecule has 0 unspecified atom stereocenters. The maximum Gasteiger partial charge on any atom is 0.322 e. The number of rotatable bonds is 8. The van der Waals surface area contributed by atoms with E-state index in [1.54, 1.807) is 6.92 Å². The number of ether oxygens (including phenoxy) is 1. The van der Waals surface area contributed by atoms with Crippen LogP contribution in [-0.2, 0) is 9.53 Å². The van der Waals surface area contributed by atoms with Crippen LogP contribution in [0.2, 0.25) is 0 Å². The second-order valence-electron chi connectivity index (χ2n) is 3.72. The van der Waals surface area contributed by atoms with Crippen LogP contribution in [0.5, 0.6) is 0 Å². The fourth-order valence-electron chi connectivity index (χ4n) is 1.19. The van der Waals surface area contributed by atoms with Gasteiger partial charge in [0, 0.05) is 0 Å². The summed E-state index contributed by atoms with van der Waals surface area (Å²) in [4.78, 5) is 10.9. The highest BCUT2D eigenvalue weighted by Crippen LogP contribution is 2.04. The van der Waals surface area contributed by atoms with Gasteiger partial charge in [-0.05, 0) is 13.3 Å². The Morgan fingerprint density at radius 1 is 1.21 bits per heavy atom. The Bertz CT molecular complexity index is 146. The average molecular weight is 201 g/mol. The molecule has 0 aliphatic carbocycles. The van der Waals surface area contributed by atoms with Crippen molar-refractivity contribution in [3.8, 4) is 0 Å². The summed E-state index contributed by atoms with van der Waals surface area (Å²) < 4.78 is 4.95. The molecule has 0 aromatic heterocycles. The van der Waals surface area contributed by atoms with E-state index in [9.17, 15) is 4.79 Å². The molecule has 3 heteroatoms. The van der Waals surface area contributed by atoms with E-state index in [0.717, 1.165) is 12.8 Å². The Hall–Kier alpha value is -0.570. The van der Waals surface area contributed by atoms with Gasteiger partial charge < -0.3 is 10.5 Å². The summed E-state index contributed by atoms with van der Waals surface area (Å²) in [5.74, 6) is -0.293. The molecule has 0 spiro atoms. The standard InChI is InChI=1S/C11H23NO2/c1-3-4-5-6-7-8-9-14-11(13)10(2)12/h10H,3-9,12H2,1-2H3/t10-/m1/s1. The van der Waals surface area contributed by atoms with E-state index in [0.29, 0.717) is 6.61 Å². The Morgan fingerprint density at radius 2 is 1.79 bits per heavy atom. The first kappa shape index (κ1) is 13.4. The molecule has 84 valence electrons. The highest BCUT2D eigenvalue weighted by atomic mass is 16.5. The summed E-state index contributed by atoms with van der Waals surface area (Å²) in [6, 6.07) is -0.491. The fraction of sp³-hybridized carbons (Fsp3) is 0.909. The lowest BCUT2D eigenvalue weighted by Crippen LogP contribution is -2.28. The molecule has 0 radical (unpaired) electrons. The van der Waals surface area contributed by atoms with Crippen LogP contribution in [0, 0.1) is 0 Å². The lowest BCUT2D eigenvalue weighted by Gasteiger charge is -2.06. The molecule has 0 aliphatic rings. The van der Waals surface area contributed by atoms with Crippen LogP contribution in [0.25, 0.3) is 0 Å². The van der Waals surface area contributed by atoms with Crippen LogP contribution in [-0.4, -0.2) is 18.6 Å². The molecule has 0 bridgehead atoms. The Morgan fingerprint density at radius 3 is 2.36 bits per heavy atom. The largest absolute Gasteiger partial charge is 0.465 e. The SMILES string of the molecule is CCCCCCCCOC(=O)[C@@H](C)N. The van der Waals surface area contributed by atoms with Crippen molar-refractivity contribution < 1.29 is 9.53 Å². The Kier molecular flexibility index (Phi) is 8.64. The van der Waals surface area contributed by atoms with Crippen LogP contribution < -0.4 is 5.73 Å². The van der Waals surface area contributed by atoms with Crippen molar-refractivity contribution in [2.45, 2.75) is 58.4 Å². The molecule has 0 saturated carbocycles. The van der Waals surface area contributed by atoms with Crippen molar-refractivity contribution in [3.05, 3.63) is 0 Å². The van der Waals surface area contributed by atoms with Gasteiger partial charge in [0.25, 0.3) is 0 Å². The summed E-state index contributed by atoms with van der Waals surface area (Å²) in [5.41, 5.74) is 5.34. The number of nitrogens with two attached hydrogens (primary N) is 1. The van der Waals surface area contributed by atoms with Crippen molar-refractivity contribution in [2.75, 3.05) is 6.61 Å². The van der Waals surface area contributed by atoms with Crippen LogP contribution in [0.3, 0.4) is 0 Å². The first-order chi connectivity index (χ1) is 6.68. The predicted octanol–water partition coefficient (Wildman–Crippen LogP) is 2.24. The summed E-state index contributed by atoms with van der Waals surface area (Å²) >= 11 is 0. The second kappa shape index (κ2) is 9.00. The summed E-state index contributed by atoms with van der Waals surface area (Å²) in [6.45, 7) is 4.36. The van der Waals surface area contributed by atoms with Crippen LogP contribution in [0.1, 0.15) is 52.4 Å². The van der Waals surface area contributed by atoms with Gasteiger partial charge >= 0.3 is 5.97 Å². The summed E-state index contributed by atoms with van der Waals surface area (Å²) in [6.07, 6.45) is 7.20. The molecular formula is C11H23NO2. The maximum atomic E-state index is 10.9. The first-order valence-corrected chi connectivity index (χ1v) is 5.60. The highest BCUT2D eigenvalue weighted by Gasteiger charge is 2.07. The predicted molar refractivity (Wildman–Crippen MR) is 58.0 cm³/mol. The highest BCUT2D eigenvalue weighted by molar-refractivity contribution is 5.74. The maximum absolute atomic E-state index is 10.9. The van der Waals surface area contributed by atoms with Crippen LogP contribution in [0.4, 0.5) is 0 Å². The van der Waals surface area contributed by atoms with Crippen molar-refractivity contribution in [3.63, 3.8) is 0 Å². The topological polar surface area (TPSA) is 52.3 Å². The fourth-order valence-corrected chi connectivity index (χ4v) is 1.19. The minimum absolute atomic E-state index is 0.293. The molecular weight excluding hydrogens is 178 g/mol. The quantitative estimate of drug-likeness (QED) is 0.484. The molecule has 0 rings (SSSR count). The average Bonchev–Trinajstić information content (AvgIpc) is 2.16. The lowest BCUT2D eigenvalue weighted by molar-refractivity contribution is -0.144. The van der Waals surface area contributed by atoms with Gasteiger partial charge in [-0.3, -0.25) is 4.79 Å². The molecule has 0 aliphatic heterocycles. The minimum atomic E-state index is -0.491. The summed E-state index contributed by atoms with van der Waals surface area (Å²) in [7, 11) is 0. The number of esters is 1. The van der Waals surface area contributed by atoms with E-state index in [4.69, 9.17) is 10.5 Å². The van der Waals surface area contributed by atoms with Gasteiger partial charge in [-0.1, -0.05) is 39.0 Å². The molecule has 3 nitrogen and oxygen atoms in total. The Balaban J connectivity index is 3.10. The number of carbonyl (C=O) groups excluding carboxylic acids is 1. The van der Waals surface area contributed by atoms with E-state index >= 15 is 0 Å². The zero-order chi connectivity index (χ0) is 10.8. The third-order valence-electron chi connectivity index (χ3n) is 2.11. The third-order valence-corrected chi connectivity index (χ3v) is 2.11. The molecule has 0 aromatic rings. The van der Waals surface area contributed by atoms with Gasteiger partial charge in [-0.15, -0.1) is 0 Å². The molecule has 1 atom stereocenters. The third kappa shape index (κ3) is 8.05. The summed E-state index contributed by atoms with van der Waals surface area (Å²) in [5, 5.41) is 0. The van der Waals surface area contributed by atoms with E-state index in [-0.39, 0.29) is 5.97 Å². The molecule has 0 fully saturated rings. The van der Waals surface area contributed by atoms with Crippen LogP contribution in [0.15, 0.2) is 0 Å². The normalized spacial score (nSPS) is 12.5.